The Labute approximate surface area is 74.8 Å². The van der Waals surface area contributed by atoms with E-state index in [-0.39, 0.29) is 0 Å². The molecule has 0 amide bonds. The number of rotatable bonds is 0. The predicted molar refractivity (Wildman–Crippen MR) is 48.1 cm³/mol. The standard InChI is InChI=1S/C9H5ClN2/c1-2-7-6-11-9-8(10)4-3-5-12(7)9/h1,3-6H. The number of fused-ring (bicyclic) bond motifs is 1. The maximum Gasteiger partial charge on any atom is 0.156 e. The quantitative estimate of drug-likeness (QED) is 0.561. The molecule has 12 heavy (non-hydrogen) atoms. The van der Waals surface area contributed by atoms with Gasteiger partial charge >= 0.3 is 0 Å². The van der Waals surface area contributed by atoms with Crippen LogP contribution in [0.4, 0.5) is 0 Å². The molecule has 2 nitrogen and oxygen atoms in total. The second-order valence-electron chi connectivity index (χ2n) is 2.34. The molecule has 2 aromatic rings. The summed E-state index contributed by atoms with van der Waals surface area (Å²) in [4.78, 5) is 4.08. The van der Waals surface area contributed by atoms with Crippen molar-refractivity contribution in [3.05, 3.63) is 35.2 Å². The molecule has 2 rings (SSSR count). The Bertz CT molecular complexity index is 465. The van der Waals surface area contributed by atoms with Gasteiger partial charge in [0, 0.05) is 6.20 Å². The summed E-state index contributed by atoms with van der Waals surface area (Å²) in [5, 5.41) is 0.610. The lowest BCUT2D eigenvalue weighted by atomic mass is 10.4. The van der Waals surface area contributed by atoms with Crippen molar-refractivity contribution in [3.63, 3.8) is 0 Å². The maximum atomic E-state index is 5.88. The van der Waals surface area contributed by atoms with E-state index in [0.29, 0.717) is 16.4 Å². The van der Waals surface area contributed by atoms with Gasteiger partial charge in [0.1, 0.15) is 5.69 Å². The largest absolute Gasteiger partial charge is 0.292 e. The number of aromatic nitrogens is 2. The molecule has 0 atom stereocenters. The summed E-state index contributed by atoms with van der Waals surface area (Å²) in [6.07, 6.45) is 8.72. The Balaban J connectivity index is 2.91. The molecule has 0 N–H and O–H groups in total. The van der Waals surface area contributed by atoms with Crippen LogP contribution in [-0.2, 0) is 0 Å². The minimum Gasteiger partial charge on any atom is -0.292 e. The van der Waals surface area contributed by atoms with Gasteiger partial charge in [-0.1, -0.05) is 17.5 Å². The Morgan fingerprint density at radius 2 is 2.42 bits per heavy atom. The lowest BCUT2D eigenvalue weighted by molar-refractivity contribution is 1.16. The molecule has 2 aromatic heterocycles. The van der Waals surface area contributed by atoms with Crippen molar-refractivity contribution in [2.24, 2.45) is 0 Å². The van der Waals surface area contributed by atoms with Crippen LogP contribution in [0, 0.1) is 12.3 Å². The van der Waals surface area contributed by atoms with Crippen LogP contribution in [0.15, 0.2) is 24.5 Å². The highest BCUT2D eigenvalue weighted by atomic mass is 35.5. The van der Waals surface area contributed by atoms with Crippen molar-refractivity contribution in [1.29, 1.82) is 0 Å². The third-order valence-electron chi connectivity index (χ3n) is 1.64. The van der Waals surface area contributed by atoms with Gasteiger partial charge in [0.05, 0.1) is 11.2 Å². The number of imidazole rings is 1. The van der Waals surface area contributed by atoms with E-state index in [1.807, 2.05) is 12.3 Å². The Morgan fingerprint density at radius 3 is 3.17 bits per heavy atom. The summed E-state index contributed by atoms with van der Waals surface area (Å²) in [7, 11) is 0. The van der Waals surface area contributed by atoms with E-state index in [0.717, 1.165) is 0 Å². The van der Waals surface area contributed by atoms with Gasteiger partial charge in [0.25, 0.3) is 0 Å². The zero-order valence-electron chi connectivity index (χ0n) is 6.16. The molecule has 0 fully saturated rings. The molecule has 0 spiro atoms. The second kappa shape index (κ2) is 2.54. The van der Waals surface area contributed by atoms with Crippen LogP contribution < -0.4 is 0 Å². The molecule has 0 radical (unpaired) electrons. The summed E-state index contributed by atoms with van der Waals surface area (Å²) >= 11 is 5.88. The third-order valence-corrected chi connectivity index (χ3v) is 1.93. The van der Waals surface area contributed by atoms with E-state index in [1.165, 1.54) is 0 Å². The van der Waals surface area contributed by atoms with Crippen molar-refractivity contribution in [3.8, 4) is 12.3 Å². The zero-order chi connectivity index (χ0) is 8.55. The van der Waals surface area contributed by atoms with Crippen LogP contribution in [0.3, 0.4) is 0 Å². The molecule has 0 aliphatic heterocycles. The number of pyridine rings is 1. The molecular formula is C9H5ClN2. The average molecular weight is 177 g/mol. The highest BCUT2D eigenvalue weighted by Crippen LogP contribution is 2.15. The maximum absolute atomic E-state index is 5.88. The van der Waals surface area contributed by atoms with Gasteiger partial charge in [-0.2, -0.15) is 0 Å². The van der Waals surface area contributed by atoms with Gasteiger partial charge < -0.3 is 0 Å². The van der Waals surface area contributed by atoms with Gasteiger partial charge in [0.2, 0.25) is 0 Å². The minimum absolute atomic E-state index is 0.610. The van der Waals surface area contributed by atoms with E-state index in [9.17, 15) is 0 Å². The van der Waals surface area contributed by atoms with Crippen LogP contribution in [0.1, 0.15) is 5.69 Å². The molecule has 0 aliphatic carbocycles. The van der Waals surface area contributed by atoms with Crippen molar-refractivity contribution < 1.29 is 0 Å². The number of hydrogen-bond donors (Lipinski definition) is 0. The lowest BCUT2D eigenvalue weighted by Crippen LogP contribution is -1.86. The highest BCUT2D eigenvalue weighted by Gasteiger charge is 2.02. The van der Waals surface area contributed by atoms with Crippen LogP contribution >= 0.6 is 11.6 Å². The third kappa shape index (κ3) is 0.876. The first kappa shape index (κ1) is 7.20. The van der Waals surface area contributed by atoms with Gasteiger partial charge in [-0.05, 0) is 12.1 Å². The van der Waals surface area contributed by atoms with Crippen molar-refractivity contribution in [2.75, 3.05) is 0 Å². The second-order valence-corrected chi connectivity index (χ2v) is 2.74. The fourth-order valence-corrected chi connectivity index (χ4v) is 1.30. The molecule has 0 aliphatic rings. The fourth-order valence-electron chi connectivity index (χ4n) is 1.08. The lowest BCUT2D eigenvalue weighted by Gasteiger charge is -1.94. The molecule has 2 heterocycles. The highest BCUT2D eigenvalue weighted by molar-refractivity contribution is 6.33. The first-order chi connectivity index (χ1) is 5.83. The summed E-state index contributed by atoms with van der Waals surface area (Å²) in [6, 6.07) is 3.61. The summed E-state index contributed by atoms with van der Waals surface area (Å²) < 4.78 is 1.78. The Hall–Kier alpha value is -1.46. The van der Waals surface area contributed by atoms with Crippen molar-refractivity contribution >= 4 is 17.2 Å². The van der Waals surface area contributed by atoms with Crippen LogP contribution in [0.5, 0.6) is 0 Å². The predicted octanol–water partition coefficient (Wildman–Crippen LogP) is 1.97. The summed E-state index contributed by atoms with van der Waals surface area (Å²) in [5.41, 5.74) is 1.42. The Kier molecular flexibility index (Phi) is 1.53. The Morgan fingerprint density at radius 1 is 1.58 bits per heavy atom. The van der Waals surface area contributed by atoms with Crippen LogP contribution in [0.2, 0.25) is 5.02 Å². The first-order valence-electron chi connectivity index (χ1n) is 3.41. The summed E-state index contributed by atoms with van der Waals surface area (Å²) in [6.45, 7) is 0. The number of nitrogens with zero attached hydrogens (tertiary/aromatic N) is 2. The number of terminal acetylenes is 1. The zero-order valence-corrected chi connectivity index (χ0v) is 6.92. The molecule has 0 saturated heterocycles. The molecule has 0 saturated carbocycles. The molecule has 0 bridgehead atoms. The molecule has 58 valence electrons. The van der Waals surface area contributed by atoms with E-state index < -0.39 is 0 Å². The topological polar surface area (TPSA) is 17.3 Å². The van der Waals surface area contributed by atoms with Gasteiger partial charge in [-0.3, -0.25) is 4.40 Å². The molecule has 3 heteroatoms. The normalized spacial score (nSPS) is 10.0. The van der Waals surface area contributed by atoms with Crippen LogP contribution in [0.25, 0.3) is 5.65 Å². The van der Waals surface area contributed by atoms with E-state index in [4.69, 9.17) is 18.0 Å². The van der Waals surface area contributed by atoms with E-state index in [2.05, 4.69) is 10.9 Å². The van der Waals surface area contributed by atoms with Crippen molar-refractivity contribution in [2.45, 2.75) is 0 Å². The van der Waals surface area contributed by atoms with Crippen molar-refractivity contribution in [1.82, 2.24) is 9.38 Å². The first-order valence-corrected chi connectivity index (χ1v) is 3.79. The summed E-state index contributed by atoms with van der Waals surface area (Å²) in [5.74, 6) is 2.52. The fraction of sp³-hybridized carbons (Fsp3) is 0. The minimum atomic E-state index is 0.610. The SMILES string of the molecule is C#Cc1cnc2c(Cl)cccn12. The van der Waals surface area contributed by atoms with Crippen LogP contribution in [-0.4, -0.2) is 9.38 Å². The van der Waals surface area contributed by atoms with E-state index >= 15 is 0 Å². The molecular weight excluding hydrogens is 172 g/mol. The number of hydrogen-bond acceptors (Lipinski definition) is 1. The van der Waals surface area contributed by atoms with Gasteiger partial charge in [-0.15, -0.1) is 6.42 Å². The smallest absolute Gasteiger partial charge is 0.156 e. The molecule has 0 unspecified atom stereocenters. The number of halogens is 1. The van der Waals surface area contributed by atoms with Gasteiger partial charge in [-0.25, -0.2) is 4.98 Å². The monoisotopic (exact) mass is 176 g/mol. The molecule has 0 aromatic carbocycles. The van der Waals surface area contributed by atoms with Gasteiger partial charge in [0.15, 0.2) is 5.65 Å². The van der Waals surface area contributed by atoms with E-state index in [1.54, 1.807) is 16.7 Å². The average Bonchev–Trinajstić information content (AvgIpc) is 2.49.